The monoisotopic (exact) mass is 91.0 g/mol. The normalized spacial score (nSPS) is 6.67. The van der Waals surface area contributed by atoms with E-state index in [-0.39, 0.29) is 29.6 Å². The van der Waals surface area contributed by atoms with Gasteiger partial charge in [0.25, 0.3) is 0 Å². The van der Waals surface area contributed by atoms with Gasteiger partial charge in [0.15, 0.2) is 0 Å². The Morgan fingerprint density at radius 1 is 1.50 bits per heavy atom. The molecule has 0 aromatic carbocycles. The Bertz CT molecular complexity index is 65.3. The van der Waals surface area contributed by atoms with Crippen LogP contribution in [0, 0.1) is 0 Å². The molecule has 0 atom stereocenters. The third-order valence-corrected chi connectivity index (χ3v) is 0.406. The van der Waals surface area contributed by atoms with E-state index in [4.69, 9.17) is 0 Å². The van der Waals surface area contributed by atoms with Crippen molar-refractivity contribution in [1.82, 2.24) is 9.97 Å². The van der Waals surface area contributed by atoms with E-state index in [1.54, 1.807) is 18.7 Å². The molecule has 0 aliphatic carbocycles. The van der Waals surface area contributed by atoms with Crippen molar-refractivity contribution in [2.75, 3.05) is 0 Å². The molecule has 1 aromatic heterocycles. The van der Waals surface area contributed by atoms with E-state index >= 15 is 0 Å². The molecule has 0 bridgehead atoms. The molecular formula is C3H4N2Na. The topological polar surface area (TPSA) is 28.7 Å². The minimum Gasteiger partial charge on any atom is -0.351 e. The van der Waals surface area contributed by atoms with Crippen LogP contribution in [0.5, 0.6) is 0 Å². The van der Waals surface area contributed by atoms with E-state index in [1.165, 1.54) is 0 Å². The van der Waals surface area contributed by atoms with Gasteiger partial charge in [0.05, 0.1) is 6.33 Å². The summed E-state index contributed by atoms with van der Waals surface area (Å²) in [5, 5.41) is 0. The van der Waals surface area contributed by atoms with Crippen LogP contribution in [0.15, 0.2) is 18.7 Å². The van der Waals surface area contributed by atoms with Gasteiger partial charge in [0.1, 0.15) is 0 Å². The summed E-state index contributed by atoms with van der Waals surface area (Å²) in [7, 11) is 0. The molecule has 0 unspecified atom stereocenters. The average molecular weight is 91.1 g/mol. The number of imidazole rings is 1. The Labute approximate surface area is 58.3 Å². The van der Waals surface area contributed by atoms with Crippen LogP contribution in [0.4, 0.5) is 0 Å². The maximum Gasteiger partial charge on any atom is 0.0919 e. The number of hydrogen-bond donors (Lipinski definition) is 1. The number of nitrogens with zero attached hydrogens (tertiary/aromatic N) is 1. The van der Waals surface area contributed by atoms with Gasteiger partial charge < -0.3 is 4.98 Å². The predicted octanol–water partition coefficient (Wildman–Crippen LogP) is 0.0289. The molecule has 1 aromatic rings. The summed E-state index contributed by atoms with van der Waals surface area (Å²) < 4.78 is 0. The molecular weight excluding hydrogens is 87.0 g/mol. The van der Waals surface area contributed by atoms with Crippen molar-refractivity contribution < 1.29 is 0 Å². The van der Waals surface area contributed by atoms with Crippen LogP contribution in [0.2, 0.25) is 0 Å². The number of H-pyrrole nitrogens is 1. The molecule has 3 heteroatoms. The van der Waals surface area contributed by atoms with Crippen LogP contribution >= 0.6 is 0 Å². The summed E-state index contributed by atoms with van der Waals surface area (Å²) in [5.74, 6) is 0. The van der Waals surface area contributed by atoms with Crippen LogP contribution in [-0.4, -0.2) is 39.5 Å². The van der Waals surface area contributed by atoms with Gasteiger partial charge >= 0.3 is 0 Å². The molecule has 1 rings (SSSR count). The molecule has 0 aliphatic rings. The first-order valence-corrected chi connectivity index (χ1v) is 1.43. The van der Waals surface area contributed by atoms with E-state index in [2.05, 4.69) is 9.97 Å². The molecule has 0 saturated heterocycles. The Morgan fingerprint density at radius 2 is 2.33 bits per heavy atom. The van der Waals surface area contributed by atoms with Crippen molar-refractivity contribution in [3.05, 3.63) is 18.7 Å². The Kier molecular flexibility index (Phi) is 3.52. The molecule has 1 N–H and O–H groups in total. The van der Waals surface area contributed by atoms with Crippen molar-refractivity contribution in [2.45, 2.75) is 0 Å². The van der Waals surface area contributed by atoms with E-state index in [0.717, 1.165) is 0 Å². The largest absolute Gasteiger partial charge is 0.351 e. The molecule has 1 heterocycles. The average Bonchev–Trinajstić information content (AvgIpc) is 1.76. The molecule has 27 valence electrons. The number of hydrogen-bond acceptors (Lipinski definition) is 1. The standard InChI is InChI=1S/C3H4N2.Na/c1-2-5-3-4-1;/h1-3H,(H,4,5);. The Morgan fingerprint density at radius 3 is 2.50 bits per heavy atom. The van der Waals surface area contributed by atoms with Gasteiger partial charge in [-0.25, -0.2) is 4.98 Å². The van der Waals surface area contributed by atoms with Crippen molar-refractivity contribution in [3.63, 3.8) is 0 Å². The fraction of sp³-hybridized carbons (Fsp3) is 0. The molecule has 0 fully saturated rings. The summed E-state index contributed by atoms with van der Waals surface area (Å²) in [6.45, 7) is 0. The molecule has 0 spiro atoms. The molecule has 0 saturated carbocycles. The third kappa shape index (κ3) is 1.60. The summed E-state index contributed by atoms with van der Waals surface area (Å²) in [6, 6.07) is 0. The quantitative estimate of drug-likeness (QED) is 0.448. The summed E-state index contributed by atoms with van der Waals surface area (Å²) in [4.78, 5) is 6.42. The van der Waals surface area contributed by atoms with E-state index in [9.17, 15) is 0 Å². The van der Waals surface area contributed by atoms with Crippen LogP contribution < -0.4 is 0 Å². The van der Waals surface area contributed by atoms with Gasteiger partial charge in [0.2, 0.25) is 0 Å². The third-order valence-electron chi connectivity index (χ3n) is 0.406. The SMILES string of the molecule is [Na].c1c[nH]cn1. The summed E-state index contributed by atoms with van der Waals surface area (Å²) in [6.07, 6.45) is 5.08. The van der Waals surface area contributed by atoms with Crippen LogP contribution in [0.3, 0.4) is 0 Å². The zero-order chi connectivity index (χ0) is 3.54. The van der Waals surface area contributed by atoms with Gasteiger partial charge in [-0.3, -0.25) is 0 Å². The fourth-order valence-corrected chi connectivity index (χ4v) is 0.215. The number of rotatable bonds is 0. The Hall–Kier alpha value is 0.210. The maximum atomic E-state index is 3.67. The van der Waals surface area contributed by atoms with Gasteiger partial charge in [-0.15, -0.1) is 0 Å². The fourth-order valence-electron chi connectivity index (χ4n) is 0.215. The van der Waals surface area contributed by atoms with Gasteiger partial charge in [-0.1, -0.05) is 0 Å². The first-order chi connectivity index (χ1) is 2.50. The number of aromatic amines is 1. The molecule has 6 heavy (non-hydrogen) atoms. The van der Waals surface area contributed by atoms with Gasteiger partial charge in [-0.2, -0.15) is 0 Å². The molecule has 0 aliphatic heterocycles. The van der Waals surface area contributed by atoms with E-state index < -0.39 is 0 Å². The predicted molar refractivity (Wildman–Crippen MR) is 24.3 cm³/mol. The van der Waals surface area contributed by atoms with Gasteiger partial charge in [-0.05, 0) is 0 Å². The van der Waals surface area contributed by atoms with E-state index in [0.29, 0.717) is 0 Å². The maximum absolute atomic E-state index is 3.67. The minimum atomic E-state index is 0. The minimum absolute atomic E-state index is 0. The summed E-state index contributed by atoms with van der Waals surface area (Å²) >= 11 is 0. The van der Waals surface area contributed by atoms with Gasteiger partial charge in [0, 0.05) is 42.0 Å². The summed E-state index contributed by atoms with van der Waals surface area (Å²) in [5.41, 5.74) is 0. The number of nitrogens with one attached hydrogen (secondary N) is 1. The molecule has 2 nitrogen and oxygen atoms in total. The second-order valence-corrected chi connectivity index (χ2v) is 0.761. The Balaban J connectivity index is 0.000000250. The molecule has 1 radical (unpaired) electrons. The van der Waals surface area contributed by atoms with Crippen molar-refractivity contribution in [3.8, 4) is 0 Å². The first-order valence-electron chi connectivity index (χ1n) is 1.43. The first kappa shape index (κ1) is 6.21. The van der Waals surface area contributed by atoms with Crippen molar-refractivity contribution >= 4 is 29.6 Å². The molecule has 0 amide bonds. The van der Waals surface area contributed by atoms with Crippen LogP contribution in [0.1, 0.15) is 0 Å². The van der Waals surface area contributed by atoms with Crippen molar-refractivity contribution in [2.24, 2.45) is 0 Å². The van der Waals surface area contributed by atoms with Crippen LogP contribution in [0.25, 0.3) is 0 Å². The number of aromatic nitrogens is 2. The van der Waals surface area contributed by atoms with Crippen LogP contribution in [-0.2, 0) is 0 Å². The zero-order valence-electron chi connectivity index (χ0n) is 3.68. The zero-order valence-corrected chi connectivity index (χ0v) is 5.68. The van der Waals surface area contributed by atoms with E-state index in [1.807, 2.05) is 0 Å². The second-order valence-electron chi connectivity index (χ2n) is 0.761. The second kappa shape index (κ2) is 3.40. The smallest absolute Gasteiger partial charge is 0.0919 e. The van der Waals surface area contributed by atoms with Crippen molar-refractivity contribution in [1.29, 1.82) is 0 Å².